The highest BCUT2D eigenvalue weighted by Crippen LogP contribution is 2.28. The number of hydrogen-bond donors (Lipinski definition) is 1. The molecule has 94 valence electrons. The summed E-state index contributed by atoms with van der Waals surface area (Å²) in [5, 5.41) is 0. The molecule has 0 saturated carbocycles. The van der Waals surface area contributed by atoms with E-state index in [9.17, 15) is 8.78 Å². The predicted octanol–water partition coefficient (Wildman–Crippen LogP) is 2.92. The summed E-state index contributed by atoms with van der Waals surface area (Å²) in [6, 6.07) is 10.7. The van der Waals surface area contributed by atoms with Gasteiger partial charge < -0.3 is 10.5 Å². The SMILES string of the molecule is NCC(F)(F)c1ccc(Oc2ccccn2)cc1. The van der Waals surface area contributed by atoms with Crippen LogP contribution in [-0.2, 0) is 5.92 Å². The maximum Gasteiger partial charge on any atom is 0.285 e. The lowest BCUT2D eigenvalue weighted by atomic mass is 10.1. The van der Waals surface area contributed by atoms with Crippen LogP contribution >= 0.6 is 0 Å². The number of ether oxygens (including phenoxy) is 1. The second-order valence-electron chi connectivity index (χ2n) is 3.70. The summed E-state index contributed by atoms with van der Waals surface area (Å²) in [6.45, 7) is -0.715. The minimum atomic E-state index is -3.01. The number of aromatic nitrogens is 1. The Kier molecular flexibility index (Phi) is 3.53. The van der Waals surface area contributed by atoms with Crippen molar-refractivity contribution in [1.29, 1.82) is 0 Å². The average molecular weight is 250 g/mol. The smallest absolute Gasteiger partial charge is 0.285 e. The minimum absolute atomic E-state index is 0.127. The van der Waals surface area contributed by atoms with E-state index in [4.69, 9.17) is 10.5 Å². The van der Waals surface area contributed by atoms with Gasteiger partial charge in [-0.05, 0) is 30.3 Å². The van der Waals surface area contributed by atoms with Crippen molar-refractivity contribution < 1.29 is 13.5 Å². The molecule has 0 aliphatic heterocycles. The topological polar surface area (TPSA) is 48.1 Å². The molecule has 18 heavy (non-hydrogen) atoms. The number of pyridine rings is 1. The molecule has 0 saturated heterocycles. The van der Waals surface area contributed by atoms with Gasteiger partial charge >= 0.3 is 0 Å². The molecule has 0 bridgehead atoms. The van der Waals surface area contributed by atoms with Crippen LogP contribution in [0.3, 0.4) is 0 Å². The van der Waals surface area contributed by atoms with Gasteiger partial charge in [-0.2, -0.15) is 8.78 Å². The first-order valence-corrected chi connectivity index (χ1v) is 5.39. The zero-order valence-corrected chi connectivity index (χ0v) is 9.51. The van der Waals surface area contributed by atoms with E-state index in [1.807, 2.05) is 0 Å². The van der Waals surface area contributed by atoms with E-state index in [-0.39, 0.29) is 5.56 Å². The van der Waals surface area contributed by atoms with Crippen LogP contribution in [0.2, 0.25) is 0 Å². The second-order valence-corrected chi connectivity index (χ2v) is 3.70. The molecule has 1 heterocycles. The van der Waals surface area contributed by atoms with Crippen LogP contribution in [0.4, 0.5) is 8.78 Å². The molecule has 0 amide bonds. The van der Waals surface area contributed by atoms with E-state index in [1.165, 1.54) is 24.3 Å². The van der Waals surface area contributed by atoms with Crippen LogP contribution in [0.1, 0.15) is 5.56 Å². The van der Waals surface area contributed by atoms with E-state index in [2.05, 4.69) is 4.98 Å². The third-order valence-electron chi connectivity index (χ3n) is 2.39. The normalized spacial score (nSPS) is 11.3. The lowest BCUT2D eigenvalue weighted by molar-refractivity contribution is 0.00593. The molecular weight excluding hydrogens is 238 g/mol. The highest BCUT2D eigenvalue weighted by atomic mass is 19.3. The molecule has 0 radical (unpaired) electrons. The van der Waals surface area contributed by atoms with Gasteiger partial charge in [0.05, 0.1) is 6.54 Å². The van der Waals surface area contributed by atoms with Crippen molar-refractivity contribution in [3.05, 3.63) is 54.2 Å². The quantitative estimate of drug-likeness (QED) is 0.907. The van der Waals surface area contributed by atoms with Crippen LogP contribution in [0.5, 0.6) is 11.6 Å². The number of hydrogen-bond acceptors (Lipinski definition) is 3. The van der Waals surface area contributed by atoms with Gasteiger partial charge in [0.2, 0.25) is 5.88 Å². The molecule has 1 aromatic heterocycles. The number of benzene rings is 1. The van der Waals surface area contributed by atoms with Crippen molar-refractivity contribution in [2.45, 2.75) is 5.92 Å². The molecule has 0 spiro atoms. The fraction of sp³-hybridized carbons (Fsp3) is 0.154. The van der Waals surface area contributed by atoms with Gasteiger partial charge in [-0.15, -0.1) is 0 Å². The molecule has 2 N–H and O–H groups in total. The third kappa shape index (κ3) is 2.81. The van der Waals surface area contributed by atoms with Crippen LogP contribution < -0.4 is 10.5 Å². The zero-order valence-electron chi connectivity index (χ0n) is 9.51. The van der Waals surface area contributed by atoms with Crippen molar-refractivity contribution in [2.75, 3.05) is 6.54 Å². The Bertz CT molecular complexity index is 500. The Labute approximate surface area is 103 Å². The lowest BCUT2D eigenvalue weighted by Gasteiger charge is -2.14. The molecule has 0 atom stereocenters. The van der Waals surface area contributed by atoms with Crippen molar-refractivity contribution in [3.63, 3.8) is 0 Å². The molecule has 0 aliphatic rings. The Balaban J connectivity index is 2.14. The van der Waals surface area contributed by atoms with Crippen molar-refractivity contribution >= 4 is 0 Å². The molecule has 3 nitrogen and oxygen atoms in total. The van der Waals surface area contributed by atoms with Crippen molar-refractivity contribution in [3.8, 4) is 11.6 Å². The average Bonchev–Trinajstić information content (AvgIpc) is 2.40. The molecule has 5 heteroatoms. The summed E-state index contributed by atoms with van der Waals surface area (Å²) in [6.07, 6.45) is 1.59. The van der Waals surface area contributed by atoms with Gasteiger partial charge in [-0.1, -0.05) is 6.07 Å². The minimum Gasteiger partial charge on any atom is -0.439 e. The summed E-state index contributed by atoms with van der Waals surface area (Å²) < 4.78 is 31.9. The standard InChI is InChI=1S/C13H12F2N2O/c14-13(15,9-16)10-4-6-11(7-5-10)18-12-3-1-2-8-17-12/h1-8H,9,16H2. The molecule has 0 fully saturated rings. The fourth-order valence-corrected chi connectivity index (χ4v) is 1.41. The number of nitrogens with zero attached hydrogens (tertiary/aromatic N) is 1. The number of nitrogens with two attached hydrogens (primary N) is 1. The maximum atomic E-state index is 13.3. The van der Waals surface area contributed by atoms with Gasteiger partial charge in [-0.3, -0.25) is 0 Å². The number of rotatable bonds is 4. The monoisotopic (exact) mass is 250 g/mol. The Hall–Kier alpha value is -2.01. The molecule has 2 aromatic rings. The molecular formula is C13H12F2N2O. The van der Waals surface area contributed by atoms with E-state index < -0.39 is 12.5 Å². The lowest BCUT2D eigenvalue weighted by Crippen LogP contribution is -2.24. The van der Waals surface area contributed by atoms with Gasteiger partial charge in [0.1, 0.15) is 5.75 Å². The Morgan fingerprint density at radius 2 is 1.83 bits per heavy atom. The van der Waals surface area contributed by atoms with Crippen LogP contribution in [0.15, 0.2) is 48.7 Å². The van der Waals surface area contributed by atoms with E-state index in [0.717, 1.165) is 0 Å². The van der Waals surface area contributed by atoms with Crippen LogP contribution in [0.25, 0.3) is 0 Å². The molecule has 1 aromatic carbocycles. The summed E-state index contributed by atoms with van der Waals surface area (Å²) in [4.78, 5) is 3.97. The van der Waals surface area contributed by atoms with E-state index >= 15 is 0 Å². The Morgan fingerprint density at radius 3 is 2.39 bits per heavy atom. The van der Waals surface area contributed by atoms with Crippen molar-refractivity contribution in [1.82, 2.24) is 4.98 Å². The Morgan fingerprint density at radius 1 is 1.11 bits per heavy atom. The second kappa shape index (κ2) is 5.10. The van der Waals surface area contributed by atoms with Gasteiger partial charge in [-0.25, -0.2) is 4.98 Å². The third-order valence-corrected chi connectivity index (χ3v) is 2.39. The van der Waals surface area contributed by atoms with Gasteiger partial charge in [0, 0.05) is 17.8 Å². The van der Waals surface area contributed by atoms with Gasteiger partial charge in [0.15, 0.2) is 0 Å². The van der Waals surface area contributed by atoms with Crippen molar-refractivity contribution in [2.24, 2.45) is 5.73 Å². The highest BCUT2D eigenvalue weighted by molar-refractivity contribution is 5.32. The summed E-state index contributed by atoms with van der Waals surface area (Å²) in [7, 11) is 0. The first kappa shape index (κ1) is 12.4. The largest absolute Gasteiger partial charge is 0.439 e. The first-order valence-electron chi connectivity index (χ1n) is 5.39. The number of alkyl halides is 2. The van der Waals surface area contributed by atoms with Gasteiger partial charge in [0.25, 0.3) is 5.92 Å². The molecule has 0 aliphatic carbocycles. The highest BCUT2D eigenvalue weighted by Gasteiger charge is 2.29. The van der Waals surface area contributed by atoms with E-state index in [0.29, 0.717) is 11.6 Å². The van der Waals surface area contributed by atoms with E-state index in [1.54, 1.807) is 24.4 Å². The molecule has 0 unspecified atom stereocenters. The van der Waals surface area contributed by atoms with Crippen LogP contribution in [-0.4, -0.2) is 11.5 Å². The first-order chi connectivity index (χ1) is 8.62. The van der Waals surface area contributed by atoms with Crippen LogP contribution in [0, 0.1) is 0 Å². The zero-order chi connectivity index (χ0) is 13.0. The fourth-order valence-electron chi connectivity index (χ4n) is 1.41. The summed E-state index contributed by atoms with van der Waals surface area (Å²) in [5.74, 6) is -2.15. The predicted molar refractivity (Wildman–Crippen MR) is 63.7 cm³/mol. The summed E-state index contributed by atoms with van der Waals surface area (Å²) in [5.41, 5.74) is 4.88. The summed E-state index contributed by atoms with van der Waals surface area (Å²) >= 11 is 0. The maximum absolute atomic E-state index is 13.3. The molecule has 2 rings (SSSR count). The number of halogens is 2.